The number of benzene rings is 1. The molecule has 1 aliphatic rings. The molecule has 0 aliphatic carbocycles. The van der Waals surface area contributed by atoms with Gasteiger partial charge in [0.05, 0.1) is 24.2 Å². The molecule has 1 aromatic carbocycles. The highest BCUT2D eigenvalue weighted by molar-refractivity contribution is 6.05. The third-order valence-electron chi connectivity index (χ3n) is 5.98. The number of nitrogens with two attached hydrogens (primary N) is 1. The minimum Gasteiger partial charge on any atom is -0.382 e. The number of aliphatic imine (C=N–C) groups is 1. The fourth-order valence-corrected chi connectivity index (χ4v) is 3.81. The first kappa shape index (κ1) is 26.8. The van der Waals surface area contributed by atoms with Crippen molar-refractivity contribution >= 4 is 34.9 Å². The number of nitrogens with zero attached hydrogens (tertiary/aromatic N) is 5. The predicted octanol–water partition coefficient (Wildman–Crippen LogP) is 4.14. The maximum absolute atomic E-state index is 12.9. The smallest absolute Gasteiger partial charge is 0.256 e. The molecular formula is C27H34N8O3. The van der Waals surface area contributed by atoms with Crippen LogP contribution in [0.15, 0.2) is 52.8 Å². The lowest BCUT2D eigenvalue weighted by molar-refractivity contribution is 0.102. The Morgan fingerprint density at radius 3 is 2.79 bits per heavy atom. The Balaban J connectivity index is 1.61. The quantitative estimate of drug-likeness (QED) is 0.310. The van der Waals surface area contributed by atoms with E-state index in [-0.39, 0.29) is 17.2 Å². The van der Waals surface area contributed by atoms with Gasteiger partial charge < -0.3 is 30.5 Å². The molecule has 0 radical (unpaired) electrons. The second-order valence-corrected chi connectivity index (χ2v) is 10.0. The lowest BCUT2D eigenvalue weighted by atomic mass is 9.93. The summed E-state index contributed by atoms with van der Waals surface area (Å²) < 4.78 is 10.9. The van der Waals surface area contributed by atoms with Crippen molar-refractivity contribution in [1.29, 1.82) is 0 Å². The second kappa shape index (κ2) is 11.4. The zero-order chi connectivity index (χ0) is 27.3. The second-order valence-electron chi connectivity index (χ2n) is 10.0. The van der Waals surface area contributed by atoms with Crippen molar-refractivity contribution in [3.8, 4) is 0 Å². The van der Waals surface area contributed by atoms with Crippen LogP contribution in [0.1, 0.15) is 54.6 Å². The standard InChI is InChI=1S/C27H34N8O3/c1-6-29-20-16-30-26(35-10-7-12-37-13-11-35)33-23(20)24(28)31-19-14-18(9-8-17(19)2)25(36)32-22-15-21(38-34-22)27(3,4)5/h6,8-9,14-16,29H,1,7,10-13H2,2-5H3,(H2,28,31)(H,32,34,36). The van der Waals surface area contributed by atoms with Gasteiger partial charge in [-0.15, -0.1) is 0 Å². The molecule has 0 spiro atoms. The molecule has 0 unspecified atom stereocenters. The Kier molecular flexibility index (Phi) is 8.06. The summed E-state index contributed by atoms with van der Waals surface area (Å²) >= 11 is 0. The highest BCUT2D eigenvalue weighted by atomic mass is 16.5. The van der Waals surface area contributed by atoms with Gasteiger partial charge in [-0.05, 0) is 37.2 Å². The normalized spacial score (nSPS) is 14.6. The number of amides is 1. The summed E-state index contributed by atoms with van der Waals surface area (Å²) in [6.45, 7) is 14.4. The molecule has 4 N–H and O–H groups in total. The van der Waals surface area contributed by atoms with Gasteiger partial charge in [-0.3, -0.25) is 4.79 Å². The van der Waals surface area contributed by atoms with Crippen LogP contribution < -0.4 is 21.3 Å². The highest BCUT2D eigenvalue weighted by Crippen LogP contribution is 2.26. The lowest BCUT2D eigenvalue weighted by Crippen LogP contribution is -2.29. The fourth-order valence-electron chi connectivity index (χ4n) is 3.81. The van der Waals surface area contributed by atoms with E-state index in [1.54, 1.807) is 24.4 Å². The largest absolute Gasteiger partial charge is 0.382 e. The van der Waals surface area contributed by atoms with E-state index >= 15 is 0 Å². The summed E-state index contributed by atoms with van der Waals surface area (Å²) in [6.07, 6.45) is 4.07. The van der Waals surface area contributed by atoms with E-state index in [0.29, 0.717) is 59.9 Å². The number of ether oxygens (including phenoxy) is 1. The monoisotopic (exact) mass is 518 g/mol. The molecule has 3 aromatic rings. The van der Waals surface area contributed by atoms with E-state index in [0.717, 1.165) is 18.5 Å². The van der Waals surface area contributed by atoms with Crippen LogP contribution in [-0.4, -0.2) is 53.2 Å². The molecule has 0 atom stereocenters. The van der Waals surface area contributed by atoms with Gasteiger partial charge in [0.15, 0.2) is 11.7 Å². The molecule has 11 nitrogen and oxygen atoms in total. The van der Waals surface area contributed by atoms with Gasteiger partial charge in [0.1, 0.15) is 11.5 Å². The van der Waals surface area contributed by atoms with E-state index in [4.69, 9.17) is 20.0 Å². The number of anilines is 3. The fraction of sp³-hybridized carbons (Fsp3) is 0.370. The molecule has 4 rings (SSSR count). The average Bonchev–Trinajstić information content (AvgIpc) is 3.19. The molecule has 1 aliphatic heterocycles. The van der Waals surface area contributed by atoms with Crippen molar-refractivity contribution < 1.29 is 14.1 Å². The Bertz CT molecular complexity index is 1330. The van der Waals surface area contributed by atoms with Gasteiger partial charge >= 0.3 is 0 Å². The molecule has 200 valence electrons. The average molecular weight is 519 g/mol. The Hall–Kier alpha value is -4.25. The van der Waals surface area contributed by atoms with Crippen LogP contribution in [0.25, 0.3) is 0 Å². The third-order valence-corrected chi connectivity index (χ3v) is 5.98. The van der Waals surface area contributed by atoms with Crippen LogP contribution in [0, 0.1) is 6.92 Å². The van der Waals surface area contributed by atoms with Gasteiger partial charge in [-0.25, -0.2) is 15.0 Å². The maximum Gasteiger partial charge on any atom is 0.256 e. The highest BCUT2D eigenvalue weighted by Gasteiger charge is 2.21. The zero-order valence-corrected chi connectivity index (χ0v) is 22.2. The van der Waals surface area contributed by atoms with Gasteiger partial charge in [0.2, 0.25) is 5.95 Å². The molecule has 1 saturated heterocycles. The molecule has 1 fully saturated rings. The molecule has 2 aromatic heterocycles. The third kappa shape index (κ3) is 6.35. The van der Waals surface area contributed by atoms with E-state index < -0.39 is 0 Å². The summed E-state index contributed by atoms with van der Waals surface area (Å²) in [6, 6.07) is 6.94. The summed E-state index contributed by atoms with van der Waals surface area (Å²) in [5.41, 5.74) is 9.04. The molecule has 3 heterocycles. The first-order valence-corrected chi connectivity index (χ1v) is 12.5. The summed E-state index contributed by atoms with van der Waals surface area (Å²) in [4.78, 5) is 28.9. The van der Waals surface area contributed by atoms with Gasteiger partial charge in [0, 0.05) is 36.7 Å². The SMILES string of the molecule is C=CNc1cnc(N2CCCOCC2)nc1C(N)=Nc1cc(C(=O)Nc2cc(C(C)(C)C)on2)ccc1C. The zero-order valence-electron chi connectivity index (χ0n) is 22.2. The Labute approximate surface area is 222 Å². The van der Waals surface area contributed by atoms with Crippen molar-refractivity contribution in [3.63, 3.8) is 0 Å². The molecule has 0 bridgehead atoms. The number of carbonyl (C=O) groups is 1. The number of amidine groups is 1. The summed E-state index contributed by atoms with van der Waals surface area (Å²) in [5, 5.41) is 9.76. The van der Waals surface area contributed by atoms with Crippen molar-refractivity contribution in [2.24, 2.45) is 10.7 Å². The Morgan fingerprint density at radius 2 is 2.05 bits per heavy atom. The Morgan fingerprint density at radius 1 is 1.24 bits per heavy atom. The molecule has 1 amide bonds. The molecule has 38 heavy (non-hydrogen) atoms. The van der Waals surface area contributed by atoms with Crippen LogP contribution >= 0.6 is 0 Å². The van der Waals surface area contributed by atoms with E-state index in [9.17, 15) is 4.79 Å². The number of aryl methyl sites for hydroxylation is 1. The van der Waals surface area contributed by atoms with Gasteiger partial charge in [-0.1, -0.05) is 38.6 Å². The number of aromatic nitrogens is 3. The van der Waals surface area contributed by atoms with Crippen LogP contribution in [0.3, 0.4) is 0 Å². The summed E-state index contributed by atoms with van der Waals surface area (Å²) in [5.74, 6) is 1.41. The van der Waals surface area contributed by atoms with E-state index in [1.807, 2.05) is 33.8 Å². The number of nitrogens with one attached hydrogen (secondary N) is 2. The topological polar surface area (TPSA) is 144 Å². The van der Waals surface area contributed by atoms with E-state index in [1.165, 1.54) is 6.20 Å². The number of hydrogen-bond acceptors (Lipinski definition) is 9. The van der Waals surface area contributed by atoms with Crippen LogP contribution in [-0.2, 0) is 10.2 Å². The van der Waals surface area contributed by atoms with E-state index in [2.05, 4.69) is 37.2 Å². The first-order chi connectivity index (χ1) is 18.2. The number of carbonyl (C=O) groups excluding carboxylic acids is 1. The number of rotatable bonds is 7. The number of hydrogen-bond donors (Lipinski definition) is 3. The van der Waals surface area contributed by atoms with Crippen LogP contribution in [0.2, 0.25) is 0 Å². The maximum atomic E-state index is 12.9. The van der Waals surface area contributed by atoms with Crippen LogP contribution in [0.5, 0.6) is 0 Å². The van der Waals surface area contributed by atoms with Crippen molar-refractivity contribution in [2.75, 3.05) is 41.8 Å². The van der Waals surface area contributed by atoms with Crippen molar-refractivity contribution in [3.05, 3.63) is 65.8 Å². The summed E-state index contributed by atoms with van der Waals surface area (Å²) in [7, 11) is 0. The van der Waals surface area contributed by atoms with Gasteiger partial charge in [-0.2, -0.15) is 0 Å². The van der Waals surface area contributed by atoms with Gasteiger partial charge in [0.25, 0.3) is 5.91 Å². The van der Waals surface area contributed by atoms with Crippen molar-refractivity contribution in [2.45, 2.75) is 39.5 Å². The molecule has 11 heteroatoms. The predicted molar refractivity (Wildman–Crippen MR) is 148 cm³/mol. The van der Waals surface area contributed by atoms with Crippen LogP contribution in [0.4, 0.5) is 23.1 Å². The van der Waals surface area contributed by atoms with Crippen molar-refractivity contribution in [1.82, 2.24) is 15.1 Å². The lowest BCUT2D eigenvalue weighted by Gasteiger charge is -2.20. The molecule has 0 saturated carbocycles. The minimum atomic E-state index is -0.338. The molecular weight excluding hydrogens is 484 g/mol. The minimum absolute atomic E-state index is 0.177. The first-order valence-electron chi connectivity index (χ1n) is 12.5.